The van der Waals surface area contributed by atoms with Crippen LogP contribution in [-0.2, 0) is 9.84 Å². The van der Waals surface area contributed by atoms with Gasteiger partial charge in [0.1, 0.15) is 11.4 Å². The monoisotopic (exact) mass is 536 g/mol. The average molecular weight is 537 g/mol. The Morgan fingerprint density at radius 1 is 1.14 bits per heavy atom. The third-order valence-electron chi connectivity index (χ3n) is 4.94. The van der Waals surface area contributed by atoms with Gasteiger partial charge in [0.15, 0.2) is 9.84 Å². The molecule has 0 saturated carbocycles. The number of nitrogens with zero attached hydrogens (tertiary/aromatic N) is 4. The van der Waals surface area contributed by atoms with Crippen molar-refractivity contribution in [2.45, 2.75) is 17.4 Å². The minimum Gasteiger partial charge on any atom is -0.394 e. The van der Waals surface area contributed by atoms with E-state index in [0.29, 0.717) is 5.69 Å². The summed E-state index contributed by atoms with van der Waals surface area (Å²) < 4.78 is 54.6. The Hall–Kier alpha value is -3.68. The molecule has 10 nitrogen and oxygen atoms in total. The number of anilines is 3. The van der Waals surface area contributed by atoms with E-state index in [0.717, 1.165) is 11.8 Å². The molecule has 3 N–H and O–H groups in total. The molecule has 36 heavy (non-hydrogen) atoms. The number of halogens is 3. The predicted octanol–water partition coefficient (Wildman–Crippen LogP) is 4.41. The van der Waals surface area contributed by atoms with Crippen LogP contribution in [0.1, 0.15) is 23.9 Å². The first-order chi connectivity index (χ1) is 17.2. The topological polar surface area (TPSA) is 143 Å². The van der Waals surface area contributed by atoms with Crippen molar-refractivity contribution in [3.8, 4) is 11.5 Å². The first kappa shape index (κ1) is 25.4. The highest BCUT2D eigenvalue weighted by Crippen LogP contribution is 2.31. The van der Waals surface area contributed by atoms with Gasteiger partial charge in [0.2, 0.25) is 11.8 Å². The van der Waals surface area contributed by atoms with E-state index in [1.165, 1.54) is 24.4 Å². The quantitative estimate of drug-likeness (QED) is 0.281. The molecular formula is C22H19ClF2N6O4S. The standard InChI is InChI=1S/C22H19ClF2N6O4S/c1-36(33,34)17-8-7-13(9-15(17)23)27-22-26-10-14(21-29-20(18(24)25)31-35-21)19(30-22)28-16(11-32)12-5-3-2-4-6-12/h2-10,16,18,32H,11H2,1H3,(H2,26,27,28,30)/t16-/m1/s1. The highest BCUT2D eigenvalue weighted by Gasteiger charge is 2.22. The number of aromatic nitrogens is 4. The molecule has 0 unspecified atom stereocenters. The Balaban J connectivity index is 1.71. The largest absolute Gasteiger partial charge is 0.394 e. The lowest BCUT2D eigenvalue weighted by atomic mass is 10.1. The molecule has 4 rings (SSSR count). The molecule has 2 aromatic carbocycles. The van der Waals surface area contributed by atoms with Crippen molar-refractivity contribution in [2.75, 3.05) is 23.5 Å². The predicted molar refractivity (Wildman–Crippen MR) is 128 cm³/mol. The number of aliphatic hydroxyl groups is 1. The van der Waals surface area contributed by atoms with E-state index in [1.807, 2.05) is 6.07 Å². The van der Waals surface area contributed by atoms with Crippen molar-refractivity contribution in [3.63, 3.8) is 0 Å². The molecule has 1 atom stereocenters. The summed E-state index contributed by atoms with van der Waals surface area (Å²) in [6.45, 7) is -0.315. The van der Waals surface area contributed by atoms with Crippen molar-refractivity contribution < 1.29 is 26.8 Å². The van der Waals surface area contributed by atoms with E-state index in [2.05, 4.69) is 30.7 Å². The normalized spacial score (nSPS) is 12.5. The lowest BCUT2D eigenvalue weighted by molar-refractivity contribution is 0.136. The Labute approximate surface area is 209 Å². The SMILES string of the molecule is CS(=O)(=O)c1ccc(Nc2ncc(-c3nc(C(F)F)no3)c(N[C@H](CO)c3ccccc3)n2)cc1Cl. The van der Waals surface area contributed by atoms with E-state index >= 15 is 0 Å². The van der Waals surface area contributed by atoms with Gasteiger partial charge < -0.3 is 20.3 Å². The van der Waals surface area contributed by atoms with Crippen molar-refractivity contribution in [1.82, 2.24) is 20.1 Å². The molecule has 0 radical (unpaired) electrons. The van der Waals surface area contributed by atoms with Gasteiger partial charge >= 0.3 is 6.43 Å². The molecule has 0 fully saturated rings. The maximum absolute atomic E-state index is 13.0. The van der Waals surface area contributed by atoms with Gasteiger partial charge in [0, 0.05) is 18.1 Å². The maximum Gasteiger partial charge on any atom is 0.300 e. The second-order valence-corrected chi connectivity index (χ2v) is 9.94. The summed E-state index contributed by atoms with van der Waals surface area (Å²) >= 11 is 6.11. The highest BCUT2D eigenvalue weighted by molar-refractivity contribution is 7.90. The van der Waals surface area contributed by atoms with Gasteiger partial charge in [-0.25, -0.2) is 22.2 Å². The van der Waals surface area contributed by atoms with Crippen LogP contribution in [0.5, 0.6) is 0 Å². The van der Waals surface area contributed by atoms with Crippen molar-refractivity contribution in [1.29, 1.82) is 0 Å². The summed E-state index contributed by atoms with van der Waals surface area (Å²) in [5.41, 5.74) is 1.26. The minimum atomic E-state index is -3.51. The second kappa shape index (κ2) is 10.5. The Morgan fingerprint density at radius 2 is 1.89 bits per heavy atom. The number of hydrogen-bond donors (Lipinski definition) is 3. The van der Waals surface area contributed by atoms with E-state index in [-0.39, 0.29) is 39.7 Å². The van der Waals surface area contributed by atoms with Crippen LogP contribution in [0.4, 0.5) is 26.2 Å². The van der Waals surface area contributed by atoms with Crippen LogP contribution in [0.25, 0.3) is 11.5 Å². The molecule has 0 aliphatic heterocycles. The Kier molecular flexibility index (Phi) is 7.43. The van der Waals surface area contributed by atoms with Gasteiger partial charge in [-0.1, -0.05) is 47.1 Å². The number of hydrogen-bond acceptors (Lipinski definition) is 10. The zero-order valence-corrected chi connectivity index (χ0v) is 20.1. The minimum absolute atomic E-state index is 0.00674. The fraction of sp³-hybridized carbons (Fsp3) is 0.182. The van der Waals surface area contributed by atoms with E-state index in [4.69, 9.17) is 16.1 Å². The summed E-state index contributed by atoms with van der Waals surface area (Å²) in [5.74, 6) is -0.869. The van der Waals surface area contributed by atoms with Gasteiger partial charge in [-0.2, -0.15) is 9.97 Å². The van der Waals surface area contributed by atoms with Crippen LogP contribution in [0.15, 0.2) is 64.1 Å². The highest BCUT2D eigenvalue weighted by atomic mass is 35.5. The summed E-state index contributed by atoms with van der Waals surface area (Å²) in [6, 6.07) is 12.6. The molecule has 14 heteroatoms. The lowest BCUT2D eigenvalue weighted by Gasteiger charge is -2.19. The van der Waals surface area contributed by atoms with Crippen molar-refractivity contribution in [3.05, 3.63) is 71.1 Å². The molecule has 4 aromatic rings. The summed E-state index contributed by atoms with van der Waals surface area (Å²) in [4.78, 5) is 12.2. The molecule has 2 heterocycles. The molecule has 0 aliphatic rings. The second-order valence-electron chi connectivity index (χ2n) is 7.55. The van der Waals surface area contributed by atoms with E-state index in [1.54, 1.807) is 24.3 Å². The summed E-state index contributed by atoms with van der Waals surface area (Å²) in [5, 5.41) is 19.2. The third-order valence-corrected chi connectivity index (χ3v) is 6.52. The van der Waals surface area contributed by atoms with Crippen LogP contribution < -0.4 is 10.6 Å². The number of rotatable bonds is 9. The van der Waals surface area contributed by atoms with E-state index in [9.17, 15) is 22.3 Å². The molecule has 0 spiro atoms. The van der Waals surface area contributed by atoms with Gasteiger partial charge in [0.05, 0.1) is 22.6 Å². The van der Waals surface area contributed by atoms with Crippen molar-refractivity contribution >= 4 is 38.9 Å². The fourth-order valence-corrected chi connectivity index (χ4v) is 4.56. The molecular weight excluding hydrogens is 518 g/mol. The Morgan fingerprint density at radius 3 is 2.50 bits per heavy atom. The van der Waals surface area contributed by atoms with Crippen LogP contribution in [0.3, 0.4) is 0 Å². The summed E-state index contributed by atoms with van der Waals surface area (Å²) in [6.07, 6.45) is -0.607. The van der Waals surface area contributed by atoms with Gasteiger partial charge in [-0.05, 0) is 23.8 Å². The van der Waals surface area contributed by atoms with Gasteiger partial charge in [0.25, 0.3) is 5.89 Å². The van der Waals surface area contributed by atoms with E-state index < -0.39 is 28.1 Å². The maximum atomic E-state index is 13.0. The van der Waals surface area contributed by atoms with Crippen LogP contribution >= 0.6 is 11.6 Å². The van der Waals surface area contributed by atoms with Crippen LogP contribution in [-0.4, -0.2) is 46.5 Å². The fourth-order valence-electron chi connectivity index (χ4n) is 3.23. The van der Waals surface area contributed by atoms with Crippen LogP contribution in [0, 0.1) is 0 Å². The smallest absolute Gasteiger partial charge is 0.300 e. The molecule has 188 valence electrons. The van der Waals surface area contributed by atoms with Crippen molar-refractivity contribution in [2.24, 2.45) is 0 Å². The molecule has 2 aromatic heterocycles. The molecule has 0 bridgehead atoms. The average Bonchev–Trinajstić information content (AvgIpc) is 3.33. The number of sulfone groups is 1. The first-order valence-electron chi connectivity index (χ1n) is 10.3. The number of alkyl halides is 2. The number of nitrogens with one attached hydrogen (secondary N) is 2. The number of benzene rings is 2. The van der Waals surface area contributed by atoms with Crippen LogP contribution in [0.2, 0.25) is 5.02 Å². The first-order valence-corrected chi connectivity index (χ1v) is 12.6. The number of aliphatic hydroxyl groups excluding tert-OH is 1. The third kappa shape index (κ3) is 5.75. The molecule has 0 saturated heterocycles. The van der Waals surface area contributed by atoms with Gasteiger partial charge in [-0.3, -0.25) is 0 Å². The molecule has 0 amide bonds. The Bertz CT molecular complexity index is 1470. The summed E-state index contributed by atoms with van der Waals surface area (Å²) in [7, 11) is -3.51. The zero-order valence-electron chi connectivity index (χ0n) is 18.6. The molecule has 0 aliphatic carbocycles. The zero-order chi connectivity index (χ0) is 25.9. The lowest BCUT2D eigenvalue weighted by Crippen LogP contribution is -2.17. The van der Waals surface area contributed by atoms with Gasteiger partial charge in [-0.15, -0.1) is 0 Å².